The Labute approximate surface area is 124 Å². The molecule has 20 heavy (non-hydrogen) atoms. The highest BCUT2D eigenvalue weighted by atomic mass is 15.2. The van der Waals surface area contributed by atoms with Crippen LogP contribution in [0.2, 0.25) is 0 Å². The lowest BCUT2D eigenvalue weighted by Gasteiger charge is -2.30. The van der Waals surface area contributed by atoms with Crippen LogP contribution in [0.4, 0.5) is 0 Å². The molecule has 0 aromatic heterocycles. The maximum absolute atomic E-state index is 5.89. The standard InChI is InChI=1S/C16H32N4/c1-2-10-18-16(17)19-12-15-9-6-11-20(15)13-14-7-4-3-5-8-14/h14-15H,2-13H2,1H3,(H3,17,18,19). The first-order chi connectivity index (χ1) is 9.79. The first-order valence-corrected chi connectivity index (χ1v) is 8.57. The van der Waals surface area contributed by atoms with Crippen LogP contribution < -0.4 is 11.1 Å². The van der Waals surface area contributed by atoms with Gasteiger partial charge in [0.15, 0.2) is 5.96 Å². The van der Waals surface area contributed by atoms with Gasteiger partial charge in [-0.3, -0.25) is 9.89 Å². The SMILES string of the molecule is CCCNC(N)=NCC1CCCN1CC1CCCCC1. The molecule has 1 saturated carbocycles. The van der Waals surface area contributed by atoms with Crippen LogP contribution >= 0.6 is 0 Å². The first kappa shape index (κ1) is 15.6. The summed E-state index contributed by atoms with van der Waals surface area (Å²) in [4.78, 5) is 7.20. The lowest BCUT2D eigenvalue weighted by atomic mass is 9.89. The van der Waals surface area contributed by atoms with E-state index in [4.69, 9.17) is 5.73 Å². The molecule has 0 radical (unpaired) electrons. The Kier molecular flexibility index (Phi) is 6.64. The molecule has 2 rings (SSSR count). The molecule has 116 valence electrons. The Bertz CT molecular complexity index is 297. The average molecular weight is 280 g/mol. The van der Waals surface area contributed by atoms with Crippen molar-refractivity contribution in [2.24, 2.45) is 16.6 Å². The molecule has 2 fully saturated rings. The number of nitrogens with two attached hydrogens (primary N) is 1. The van der Waals surface area contributed by atoms with Gasteiger partial charge >= 0.3 is 0 Å². The topological polar surface area (TPSA) is 53.6 Å². The molecule has 1 aliphatic carbocycles. The number of hydrogen-bond donors (Lipinski definition) is 2. The third-order valence-corrected chi connectivity index (χ3v) is 4.75. The zero-order chi connectivity index (χ0) is 14.2. The van der Waals surface area contributed by atoms with Crippen LogP contribution in [-0.2, 0) is 0 Å². The molecule has 1 saturated heterocycles. The molecule has 3 N–H and O–H groups in total. The van der Waals surface area contributed by atoms with Crippen LogP contribution in [0.3, 0.4) is 0 Å². The monoisotopic (exact) mass is 280 g/mol. The van der Waals surface area contributed by atoms with Crippen molar-refractivity contribution in [3.05, 3.63) is 0 Å². The van der Waals surface area contributed by atoms with Gasteiger partial charge < -0.3 is 11.1 Å². The molecule has 4 heteroatoms. The average Bonchev–Trinajstić information content (AvgIpc) is 2.91. The number of aliphatic imine (C=N–C) groups is 1. The highest BCUT2D eigenvalue weighted by Gasteiger charge is 2.27. The van der Waals surface area contributed by atoms with Crippen LogP contribution in [0.1, 0.15) is 58.3 Å². The minimum absolute atomic E-state index is 0.622. The van der Waals surface area contributed by atoms with Crippen molar-refractivity contribution in [3.8, 4) is 0 Å². The lowest BCUT2D eigenvalue weighted by Crippen LogP contribution is -2.38. The van der Waals surface area contributed by atoms with Crippen molar-refractivity contribution in [1.82, 2.24) is 10.2 Å². The van der Waals surface area contributed by atoms with E-state index in [0.29, 0.717) is 12.0 Å². The maximum Gasteiger partial charge on any atom is 0.188 e. The molecule has 1 unspecified atom stereocenters. The van der Waals surface area contributed by atoms with E-state index in [2.05, 4.69) is 22.1 Å². The minimum atomic E-state index is 0.622. The van der Waals surface area contributed by atoms with Gasteiger partial charge in [0, 0.05) is 19.1 Å². The fourth-order valence-electron chi connectivity index (χ4n) is 3.56. The summed E-state index contributed by atoms with van der Waals surface area (Å²) >= 11 is 0. The van der Waals surface area contributed by atoms with E-state index in [1.807, 2.05) is 0 Å². The summed E-state index contributed by atoms with van der Waals surface area (Å²) in [6.45, 7) is 6.49. The molecular formula is C16H32N4. The lowest BCUT2D eigenvalue weighted by molar-refractivity contribution is 0.191. The van der Waals surface area contributed by atoms with Gasteiger partial charge in [-0.15, -0.1) is 0 Å². The van der Waals surface area contributed by atoms with Gasteiger partial charge in [-0.25, -0.2) is 0 Å². The van der Waals surface area contributed by atoms with E-state index in [-0.39, 0.29) is 0 Å². The molecule has 0 aromatic rings. The van der Waals surface area contributed by atoms with Crippen molar-refractivity contribution < 1.29 is 0 Å². The number of guanidine groups is 1. The summed E-state index contributed by atoms with van der Waals surface area (Å²) in [7, 11) is 0. The summed E-state index contributed by atoms with van der Waals surface area (Å²) in [5, 5.41) is 3.16. The number of hydrogen-bond acceptors (Lipinski definition) is 2. The highest BCUT2D eigenvalue weighted by Crippen LogP contribution is 2.27. The minimum Gasteiger partial charge on any atom is -0.370 e. The van der Waals surface area contributed by atoms with Crippen LogP contribution in [0, 0.1) is 5.92 Å². The second-order valence-corrected chi connectivity index (χ2v) is 6.45. The molecule has 1 heterocycles. The molecule has 0 bridgehead atoms. The Hall–Kier alpha value is -0.770. The Morgan fingerprint density at radius 3 is 2.75 bits per heavy atom. The Morgan fingerprint density at radius 1 is 1.20 bits per heavy atom. The summed E-state index contributed by atoms with van der Waals surface area (Å²) in [6.07, 6.45) is 10.9. The van der Waals surface area contributed by atoms with E-state index in [1.165, 1.54) is 58.0 Å². The Morgan fingerprint density at radius 2 is 2.00 bits per heavy atom. The quantitative estimate of drug-likeness (QED) is 0.580. The zero-order valence-electron chi connectivity index (χ0n) is 13.1. The number of nitrogens with one attached hydrogen (secondary N) is 1. The fourth-order valence-corrected chi connectivity index (χ4v) is 3.56. The molecule has 1 aliphatic heterocycles. The van der Waals surface area contributed by atoms with E-state index in [1.54, 1.807) is 0 Å². The predicted molar refractivity (Wildman–Crippen MR) is 86.0 cm³/mol. The predicted octanol–water partition coefficient (Wildman–Crippen LogP) is 2.35. The van der Waals surface area contributed by atoms with E-state index in [0.717, 1.165) is 25.4 Å². The molecule has 0 amide bonds. The van der Waals surface area contributed by atoms with Gasteiger partial charge in [0.05, 0.1) is 6.54 Å². The van der Waals surface area contributed by atoms with Crippen molar-refractivity contribution in [2.45, 2.75) is 64.3 Å². The van der Waals surface area contributed by atoms with Gasteiger partial charge in [-0.1, -0.05) is 26.2 Å². The molecule has 0 spiro atoms. The van der Waals surface area contributed by atoms with Crippen molar-refractivity contribution in [3.63, 3.8) is 0 Å². The maximum atomic E-state index is 5.89. The largest absolute Gasteiger partial charge is 0.370 e. The molecule has 0 aromatic carbocycles. The first-order valence-electron chi connectivity index (χ1n) is 8.57. The van der Waals surface area contributed by atoms with Gasteiger partial charge in [0.2, 0.25) is 0 Å². The summed E-state index contributed by atoms with van der Waals surface area (Å²) in [5.41, 5.74) is 5.89. The molecule has 1 atom stereocenters. The third-order valence-electron chi connectivity index (χ3n) is 4.75. The second-order valence-electron chi connectivity index (χ2n) is 6.45. The van der Waals surface area contributed by atoms with Crippen LogP contribution in [-0.4, -0.2) is 43.1 Å². The summed E-state index contributed by atoms with van der Waals surface area (Å²) < 4.78 is 0. The smallest absolute Gasteiger partial charge is 0.188 e. The summed E-state index contributed by atoms with van der Waals surface area (Å²) in [5.74, 6) is 1.56. The molecule has 4 nitrogen and oxygen atoms in total. The number of likely N-dealkylation sites (tertiary alicyclic amines) is 1. The van der Waals surface area contributed by atoms with Crippen LogP contribution in [0.15, 0.2) is 4.99 Å². The second kappa shape index (κ2) is 8.50. The van der Waals surface area contributed by atoms with Crippen molar-refractivity contribution >= 4 is 5.96 Å². The highest BCUT2D eigenvalue weighted by molar-refractivity contribution is 5.77. The zero-order valence-corrected chi connectivity index (χ0v) is 13.1. The molecular weight excluding hydrogens is 248 g/mol. The van der Waals surface area contributed by atoms with E-state index < -0.39 is 0 Å². The molecule has 2 aliphatic rings. The Balaban J connectivity index is 1.75. The normalized spacial score (nSPS) is 26.1. The van der Waals surface area contributed by atoms with Gasteiger partial charge in [-0.2, -0.15) is 0 Å². The van der Waals surface area contributed by atoms with Gasteiger partial charge in [0.1, 0.15) is 0 Å². The summed E-state index contributed by atoms with van der Waals surface area (Å²) in [6, 6.07) is 0.624. The van der Waals surface area contributed by atoms with Crippen LogP contribution in [0.5, 0.6) is 0 Å². The van der Waals surface area contributed by atoms with Crippen LogP contribution in [0.25, 0.3) is 0 Å². The number of rotatable bonds is 6. The third kappa shape index (κ3) is 4.97. The van der Waals surface area contributed by atoms with E-state index in [9.17, 15) is 0 Å². The van der Waals surface area contributed by atoms with Crippen molar-refractivity contribution in [2.75, 3.05) is 26.2 Å². The number of nitrogens with zero attached hydrogens (tertiary/aromatic N) is 2. The van der Waals surface area contributed by atoms with Crippen molar-refractivity contribution in [1.29, 1.82) is 0 Å². The van der Waals surface area contributed by atoms with Gasteiger partial charge in [0.25, 0.3) is 0 Å². The van der Waals surface area contributed by atoms with Gasteiger partial charge in [-0.05, 0) is 44.6 Å². The van der Waals surface area contributed by atoms with E-state index >= 15 is 0 Å². The fraction of sp³-hybridized carbons (Fsp3) is 0.938.